The van der Waals surface area contributed by atoms with Crippen LogP contribution in [0.4, 0.5) is 5.69 Å². The van der Waals surface area contributed by atoms with Crippen LogP contribution in [0.5, 0.6) is 0 Å². The third kappa shape index (κ3) is 5.54. The van der Waals surface area contributed by atoms with Crippen LogP contribution in [0.3, 0.4) is 0 Å². The number of rotatable bonds is 9. The van der Waals surface area contributed by atoms with Crippen LogP contribution in [0.25, 0.3) is 0 Å². The number of unbranched alkanes of at least 4 members (excludes halogenated alkanes) is 2. The molecule has 7 nitrogen and oxygen atoms in total. The molecular weight excluding hydrogens is 332 g/mol. The average Bonchev–Trinajstić information content (AvgIpc) is 2.97. The lowest BCUT2D eigenvalue weighted by Gasteiger charge is -2.12. The van der Waals surface area contributed by atoms with Crippen LogP contribution in [0, 0.1) is 0 Å². The minimum atomic E-state index is -0.264. The summed E-state index contributed by atoms with van der Waals surface area (Å²) in [4.78, 5) is 35.8. The van der Waals surface area contributed by atoms with Gasteiger partial charge in [-0.3, -0.25) is 19.3 Å². The Bertz CT molecular complexity index is 705. The molecule has 7 heteroatoms. The molecule has 1 aliphatic heterocycles. The molecule has 0 radical (unpaired) electrons. The first-order valence-electron chi connectivity index (χ1n) is 8.66. The summed E-state index contributed by atoms with van der Waals surface area (Å²) in [5.41, 5.74) is 5.25. The van der Waals surface area contributed by atoms with Crippen LogP contribution < -0.4 is 10.7 Å². The number of benzene rings is 1. The van der Waals surface area contributed by atoms with E-state index in [4.69, 9.17) is 0 Å². The van der Waals surface area contributed by atoms with Gasteiger partial charge in [0.25, 0.3) is 11.8 Å². The maximum absolute atomic E-state index is 11.8. The number of hydrogen-bond donors (Lipinski definition) is 2. The molecule has 0 saturated heterocycles. The van der Waals surface area contributed by atoms with Gasteiger partial charge in [0.2, 0.25) is 5.91 Å². The Kier molecular flexibility index (Phi) is 7.08. The van der Waals surface area contributed by atoms with Crippen molar-refractivity contribution in [3.05, 3.63) is 42.0 Å². The summed E-state index contributed by atoms with van der Waals surface area (Å²) in [7, 11) is 1.86. The molecule has 0 spiro atoms. The van der Waals surface area contributed by atoms with Gasteiger partial charge in [-0.25, -0.2) is 5.43 Å². The van der Waals surface area contributed by atoms with Crippen LogP contribution in [-0.4, -0.2) is 41.9 Å². The van der Waals surface area contributed by atoms with Gasteiger partial charge in [-0.2, -0.15) is 5.10 Å². The van der Waals surface area contributed by atoms with Crippen molar-refractivity contribution in [1.82, 2.24) is 10.3 Å². The third-order valence-corrected chi connectivity index (χ3v) is 4.13. The van der Waals surface area contributed by atoms with Crippen molar-refractivity contribution in [2.24, 2.45) is 5.10 Å². The molecule has 0 saturated carbocycles. The Morgan fingerprint density at radius 2 is 1.69 bits per heavy atom. The summed E-state index contributed by atoms with van der Waals surface area (Å²) in [6.07, 6.45) is 5.05. The van der Waals surface area contributed by atoms with Crippen LogP contribution in [-0.2, 0) is 14.4 Å². The zero-order valence-corrected chi connectivity index (χ0v) is 15.1. The largest absolute Gasteiger partial charge is 0.388 e. The number of hydrazone groups is 1. The minimum absolute atomic E-state index is 0.147. The summed E-state index contributed by atoms with van der Waals surface area (Å²) in [5.74, 6) is -0.674. The summed E-state index contributed by atoms with van der Waals surface area (Å²) < 4.78 is 0. The fraction of sp³-hybridized carbons (Fsp3) is 0.368. The van der Waals surface area contributed by atoms with Crippen LogP contribution in [0.1, 0.15) is 38.2 Å². The van der Waals surface area contributed by atoms with Gasteiger partial charge in [-0.1, -0.05) is 18.6 Å². The Hall–Kier alpha value is -2.96. The van der Waals surface area contributed by atoms with Crippen LogP contribution in [0.15, 0.2) is 41.5 Å². The number of nitrogens with zero attached hydrogens (tertiary/aromatic N) is 2. The molecule has 0 atom stereocenters. The first-order chi connectivity index (χ1) is 12.5. The molecule has 0 unspecified atom stereocenters. The van der Waals surface area contributed by atoms with E-state index in [0.29, 0.717) is 25.8 Å². The molecule has 2 N–H and O–H groups in total. The maximum atomic E-state index is 11.8. The van der Waals surface area contributed by atoms with E-state index < -0.39 is 0 Å². The Morgan fingerprint density at radius 3 is 2.31 bits per heavy atom. The van der Waals surface area contributed by atoms with E-state index >= 15 is 0 Å². The van der Waals surface area contributed by atoms with Crippen molar-refractivity contribution in [2.45, 2.75) is 32.6 Å². The zero-order valence-electron chi connectivity index (χ0n) is 15.1. The van der Waals surface area contributed by atoms with E-state index in [0.717, 1.165) is 23.4 Å². The highest BCUT2D eigenvalue weighted by Gasteiger charge is 2.22. The Labute approximate surface area is 153 Å². The predicted octanol–water partition coefficient (Wildman–Crippen LogP) is 2.05. The number of nitrogens with one attached hydrogen (secondary N) is 2. The number of anilines is 1. The van der Waals surface area contributed by atoms with Gasteiger partial charge in [0, 0.05) is 37.9 Å². The van der Waals surface area contributed by atoms with E-state index in [1.54, 1.807) is 0 Å². The van der Waals surface area contributed by atoms with E-state index in [1.807, 2.05) is 38.2 Å². The lowest BCUT2D eigenvalue weighted by atomic mass is 10.1. The summed E-state index contributed by atoms with van der Waals surface area (Å²) >= 11 is 0. The lowest BCUT2D eigenvalue weighted by molar-refractivity contribution is -0.136. The first kappa shape index (κ1) is 19.4. The Balaban J connectivity index is 1.65. The number of amides is 3. The predicted molar refractivity (Wildman–Crippen MR) is 101 cm³/mol. The van der Waals surface area contributed by atoms with Gasteiger partial charge in [-0.05, 0) is 37.5 Å². The molecule has 2 rings (SSSR count). The van der Waals surface area contributed by atoms with Crippen molar-refractivity contribution in [3.8, 4) is 0 Å². The average molecular weight is 356 g/mol. The van der Waals surface area contributed by atoms with Crippen molar-refractivity contribution >= 4 is 29.1 Å². The molecule has 3 amide bonds. The zero-order chi connectivity index (χ0) is 18.9. The molecule has 138 valence electrons. The van der Waals surface area contributed by atoms with E-state index in [-0.39, 0.29) is 17.7 Å². The summed E-state index contributed by atoms with van der Waals surface area (Å²) in [5, 5.41) is 7.17. The van der Waals surface area contributed by atoms with Gasteiger partial charge >= 0.3 is 0 Å². The molecule has 0 aliphatic carbocycles. The van der Waals surface area contributed by atoms with Gasteiger partial charge in [-0.15, -0.1) is 0 Å². The van der Waals surface area contributed by atoms with Crippen molar-refractivity contribution in [2.75, 3.05) is 18.9 Å². The molecular formula is C19H24N4O3. The molecule has 0 bridgehead atoms. The number of carbonyl (C=O) groups excluding carboxylic acids is 3. The second-order valence-electron chi connectivity index (χ2n) is 6.03. The summed E-state index contributed by atoms with van der Waals surface area (Å²) in [6.45, 7) is 2.24. The topological polar surface area (TPSA) is 90.9 Å². The van der Waals surface area contributed by atoms with Gasteiger partial charge in [0.1, 0.15) is 0 Å². The molecule has 1 aromatic rings. The van der Waals surface area contributed by atoms with Gasteiger partial charge in [0.15, 0.2) is 0 Å². The smallest absolute Gasteiger partial charge is 0.253 e. The standard InChI is InChI=1S/C19H24N4O3/c1-14(15-7-9-16(20-2)10-8-15)21-22-17(24)6-4-3-5-13-23-18(25)11-12-19(23)26/h7-12,20H,3-6,13H2,1-2H3,(H,22,24)/b21-14+. The second kappa shape index (κ2) is 9.50. The van der Waals surface area contributed by atoms with E-state index in [1.165, 1.54) is 17.1 Å². The second-order valence-corrected chi connectivity index (χ2v) is 6.03. The Morgan fingerprint density at radius 1 is 1.04 bits per heavy atom. The molecule has 0 fully saturated rings. The van der Waals surface area contributed by atoms with E-state index in [9.17, 15) is 14.4 Å². The van der Waals surface area contributed by atoms with Crippen LogP contribution in [0.2, 0.25) is 0 Å². The van der Waals surface area contributed by atoms with Crippen molar-refractivity contribution < 1.29 is 14.4 Å². The molecule has 1 aliphatic rings. The highest BCUT2D eigenvalue weighted by atomic mass is 16.2. The first-order valence-corrected chi connectivity index (χ1v) is 8.66. The monoisotopic (exact) mass is 356 g/mol. The number of hydrogen-bond acceptors (Lipinski definition) is 5. The fourth-order valence-electron chi connectivity index (χ4n) is 2.53. The van der Waals surface area contributed by atoms with Gasteiger partial charge < -0.3 is 5.32 Å². The molecule has 1 aromatic carbocycles. The quantitative estimate of drug-likeness (QED) is 0.307. The highest BCUT2D eigenvalue weighted by Crippen LogP contribution is 2.10. The van der Waals surface area contributed by atoms with Gasteiger partial charge in [0.05, 0.1) is 5.71 Å². The van der Waals surface area contributed by atoms with Crippen LogP contribution >= 0.6 is 0 Å². The lowest BCUT2D eigenvalue weighted by Crippen LogP contribution is -2.30. The van der Waals surface area contributed by atoms with Crippen molar-refractivity contribution in [3.63, 3.8) is 0 Å². The highest BCUT2D eigenvalue weighted by molar-refractivity contribution is 6.12. The number of imide groups is 1. The molecule has 1 heterocycles. The molecule has 26 heavy (non-hydrogen) atoms. The summed E-state index contributed by atoms with van der Waals surface area (Å²) in [6, 6.07) is 7.77. The minimum Gasteiger partial charge on any atom is -0.388 e. The van der Waals surface area contributed by atoms with E-state index in [2.05, 4.69) is 15.8 Å². The number of carbonyl (C=O) groups is 3. The molecule has 0 aromatic heterocycles. The maximum Gasteiger partial charge on any atom is 0.253 e. The normalized spacial score (nSPS) is 14.1. The van der Waals surface area contributed by atoms with Crippen molar-refractivity contribution in [1.29, 1.82) is 0 Å². The third-order valence-electron chi connectivity index (χ3n) is 4.13. The SMILES string of the molecule is CNc1ccc(/C(C)=N/NC(=O)CCCCCN2C(=O)C=CC2=O)cc1. The fourth-order valence-corrected chi connectivity index (χ4v) is 2.53.